The van der Waals surface area contributed by atoms with E-state index in [9.17, 15) is 9.59 Å². The van der Waals surface area contributed by atoms with Gasteiger partial charge >= 0.3 is 0 Å². The van der Waals surface area contributed by atoms with E-state index in [4.69, 9.17) is 11.6 Å². The Balaban J connectivity index is 1.59. The van der Waals surface area contributed by atoms with Gasteiger partial charge in [0.05, 0.1) is 16.6 Å². The van der Waals surface area contributed by atoms with Gasteiger partial charge in [-0.05, 0) is 35.2 Å². The van der Waals surface area contributed by atoms with Crippen LogP contribution in [0.3, 0.4) is 0 Å². The van der Waals surface area contributed by atoms with Crippen molar-refractivity contribution in [1.29, 1.82) is 0 Å². The van der Waals surface area contributed by atoms with E-state index in [-0.39, 0.29) is 11.8 Å². The first-order valence-electron chi connectivity index (χ1n) is 9.10. The first-order valence-corrected chi connectivity index (χ1v) is 9.47. The molecule has 0 bridgehead atoms. The van der Waals surface area contributed by atoms with Gasteiger partial charge in [0.25, 0.3) is 0 Å². The van der Waals surface area contributed by atoms with Crippen LogP contribution in [-0.4, -0.2) is 22.0 Å². The molecule has 1 unspecified atom stereocenters. The normalized spacial score (nSPS) is 16.7. The number of rotatable bonds is 4. The molecule has 3 aromatic rings. The number of nitrogens with zero attached hydrogens (tertiary/aromatic N) is 2. The van der Waals surface area contributed by atoms with Crippen LogP contribution in [0.5, 0.6) is 0 Å². The topological polar surface area (TPSA) is 72.0 Å². The molecule has 2 amide bonds. The van der Waals surface area contributed by atoms with Crippen LogP contribution in [0.25, 0.3) is 11.1 Å². The summed E-state index contributed by atoms with van der Waals surface area (Å²) in [6.45, 7) is 0. The van der Waals surface area contributed by atoms with Crippen LogP contribution in [-0.2, 0) is 16.0 Å². The number of hydrogen-bond acceptors (Lipinski definition) is 4. The second kappa shape index (κ2) is 7.90. The Labute approximate surface area is 167 Å². The molecule has 0 radical (unpaired) electrons. The Kier molecular flexibility index (Phi) is 5.17. The fourth-order valence-electron chi connectivity index (χ4n) is 3.47. The van der Waals surface area contributed by atoms with Crippen molar-refractivity contribution in [3.8, 4) is 11.1 Å². The van der Waals surface area contributed by atoms with Crippen molar-refractivity contribution in [2.45, 2.75) is 25.2 Å². The number of halogens is 1. The quantitative estimate of drug-likeness (QED) is 0.684. The third kappa shape index (κ3) is 3.80. The van der Waals surface area contributed by atoms with E-state index in [1.165, 1.54) is 0 Å². The minimum Gasteiger partial charge on any atom is -0.296 e. The summed E-state index contributed by atoms with van der Waals surface area (Å²) in [5.74, 6) is -0.914. The zero-order chi connectivity index (χ0) is 19.5. The van der Waals surface area contributed by atoms with Crippen LogP contribution in [0.2, 0.25) is 5.02 Å². The Morgan fingerprint density at radius 2 is 1.86 bits per heavy atom. The van der Waals surface area contributed by atoms with Gasteiger partial charge in [-0.2, -0.15) is 10.2 Å². The molecule has 2 aromatic carbocycles. The lowest BCUT2D eigenvalue weighted by Crippen LogP contribution is -2.39. The summed E-state index contributed by atoms with van der Waals surface area (Å²) in [6, 6.07) is 17.6. The van der Waals surface area contributed by atoms with Crippen molar-refractivity contribution in [3.63, 3.8) is 0 Å². The molecule has 0 saturated carbocycles. The molecule has 2 heterocycles. The minimum atomic E-state index is -0.402. The van der Waals surface area contributed by atoms with E-state index in [2.05, 4.69) is 15.5 Å². The lowest BCUT2D eigenvalue weighted by atomic mass is 9.88. The van der Waals surface area contributed by atoms with Crippen LogP contribution >= 0.6 is 11.6 Å². The number of hydrogen-bond donors (Lipinski definition) is 1. The fourth-order valence-corrected chi connectivity index (χ4v) is 3.84. The largest absolute Gasteiger partial charge is 0.296 e. The lowest BCUT2D eigenvalue weighted by molar-refractivity contribution is -0.134. The van der Waals surface area contributed by atoms with E-state index in [1.807, 2.05) is 54.6 Å². The number of nitrogens with one attached hydrogen (secondary N) is 1. The van der Waals surface area contributed by atoms with Crippen molar-refractivity contribution < 1.29 is 9.59 Å². The molecule has 5 nitrogen and oxygen atoms in total. The van der Waals surface area contributed by atoms with Gasteiger partial charge in [-0.1, -0.05) is 54.1 Å². The summed E-state index contributed by atoms with van der Waals surface area (Å²) in [4.78, 5) is 23.6. The maximum Gasteiger partial charge on any atom is 0.234 e. The van der Waals surface area contributed by atoms with Gasteiger partial charge in [-0.15, -0.1) is 0 Å². The van der Waals surface area contributed by atoms with E-state index in [1.54, 1.807) is 6.20 Å². The summed E-state index contributed by atoms with van der Waals surface area (Å²) in [5.41, 5.74) is 4.64. The van der Waals surface area contributed by atoms with Crippen LogP contribution < -0.4 is 5.32 Å². The Hall–Kier alpha value is -3.05. The molecule has 1 fully saturated rings. The van der Waals surface area contributed by atoms with Gasteiger partial charge in [0, 0.05) is 24.6 Å². The molecule has 1 saturated heterocycles. The minimum absolute atomic E-state index is 0.229. The van der Waals surface area contributed by atoms with Crippen LogP contribution in [0.4, 0.5) is 0 Å². The molecule has 28 heavy (non-hydrogen) atoms. The highest BCUT2D eigenvalue weighted by atomic mass is 35.5. The zero-order valence-corrected chi connectivity index (χ0v) is 15.8. The summed E-state index contributed by atoms with van der Waals surface area (Å²) >= 11 is 6.66. The fraction of sp³-hybridized carbons (Fsp3) is 0.182. The summed E-state index contributed by atoms with van der Waals surface area (Å²) in [7, 11) is 0. The van der Waals surface area contributed by atoms with Crippen molar-refractivity contribution in [3.05, 3.63) is 82.6 Å². The average molecular weight is 392 g/mol. The standard InChI is InChI=1S/C22H18ClN3O2/c23-21-17(4-1-5-18(21)19-10-11-20(27)25-22(19)28)15-8-6-14(7-9-15)13-16-3-2-12-24-26-16/h1-9,12,19H,10-11,13H2,(H,25,27,28). The van der Waals surface area contributed by atoms with Crippen LogP contribution in [0.1, 0.15) is 35.6 Å². The maximum absolute atomic E-state index is 12.2. The van der Waals surface area contributed by atoms with Gasteiger partial charge in [0.1, 0.15) is 0 Å². The Morgan fingerprint density at radius 1 is 1.04 bits per heavy atom. The third-order valence-electron chi connectivity index (χ3n) is 4.92. The van der Waals surface area contributed by atoms with Gasteiger partial charge in [-0.25, -0.2) is 0 Å². The lowest BCUT2D eigenvalue weighted by Gasteiger charge is -2.23. The number of aromatic nitrogens is 2. The Morgan fingerprint density at radius 3 is 2.57 bits per heavy atom. The predicted molar refractivity (Wildman–Crippen MR) is 107 cm³/mol. The molecule has 1 aliphatic heterocycles. The first kappa shape index (κ1) is 18.3. The monoisotopic (exact) mass is 391 g/mol. The summed E-state index contributed by atoms with van der Waals surface area (Å²) in [6.07, 6.45) is 3.17. The summed E-state index contributed by atoms with van der Waals surface area (Å²) < 4.78 is 0. The molecule has 1 aliphatic rings. The molecule has 0 spiro atoms. The maximum atomic E-state index is 12.2. The second-order valence-corrected chi connectivity index (χ2v) is 7.18. The molecule has 140 valence electrons. The smallest absolute Gasteiger partial charge is 0.234 e. The molecule has 1 aromatic heterocycles. The van der Waals surface area contributed by atoms with Crippen molar-refractivity contribution >= 4 is 23.4 Å². The van der Waals surface area contributed by atoms with Crippen molar-refractivity contribution in [2.75, 3.05) is 0 Å². The van der Waals surface area contributed by atoms with Crippen LogP contribution in [0.15, 0.2) is 60.8 Å². The van der Waals surface area contributed by atoms with Gasteiger partial charge in [-0.3, -0.25) is 14.9 Å². The summed E-state index contributed by atoms with van der Waals surface area (Å²) in [5, 5.41) is 11.0. The van der Waals surface area contributed by atoms with Gasteiger partial charge in [0.2, 0.25) is 11.8 Å². The van der Waals surface area contributed by atoms with Gasteiger partial charge in [0.15, 0.2) is 0 Å². The molecule has 4 rings (SSSR count). The molecule has 6 heteroatoms. The third-order valence-corrected chi connectivity index (χ3v) is 5.34. The molecule has 1 N–H and O–H groups in total. The molecular formula is C22H18ClN3O2. The molecule has 1 atom stereocenters. The van der Waals surface area contributed by atoms with Gasteiger partial charge < -0.3 is 0 Å². The highest BCUT2D eigenvalue weighted by molar-refractivity contribution is 6.34. The van der Waals surface area contributed by atoms with E-state index in [0.717, 1.165) is 27.9 Å². The van der Waals surface area contributed by atoms with E-state index in [0.29, 0.717) is 24.3 Å². The molecule has 0 aliphatic carbocycles. The zero-order valence-electron chi connectivity index (χ0n) is 15.1. The number of amides is 2. The number of carbonyl (C=O) groups excluding carboxylic acids is 2. The SMILES string of the molecule is O=C1CCC(c2cccc(-c3ccc(Cc4cccnn4)cc3)c2Cl)C(=O)N1. The van der Waals surface area contributed by atoms with E-state index < -0.39 is 5.92 Å². The highest BCUT2D eigenvalue weighted by Gasteiger charge is 2.30. The number of imide groups is 1. The molecular weight excluding hydrogens is 374 g/mol. The number of benzene rings is 2. The highest BCUT2D eigenvalue weighted by Crippen LogP contribution is 2.37. The predicted octanol–water partition coefficient (Wildman–Crippen LogP) is 3.91. The van der Waals surface area contributed by atoms with Crippen molar-refractivity contribution in [2.24, 2.45) is 0 Å². The second-order valence-electron chi connectivity index (χ2n) is 6.80. The Bertz CT molecular complexity index is 1020. The number of piperidine rings is 1. The van der Waals surface area contributed by atoms with Crippen molar-refractivity contribution in [1.82, 2.24) is 15.5 Å². The first-order chi connectivity index (χ1) is 13.6. The average Bonchev–Trinajstić information content (AvgIpc) is 2.70. The van der Waals surface area contributed by atoms with E-state index >= 15 is 0 Å². The van der Waals surface area contributed by atoms with Crippen LogP contribution in [0, 0.1) is 0 Å². The number of carbonyl (C=O) groups is 2.